The maximum atomic E-state index is 13.5. The highest BCUT2D eigenvalue weighted by Gasteiger charge is 2.26. The van der Waals surface area contributed by atoms with E-state index in [0.717, 1.165) is 6.42 Å². The lowest BCUT2D eigenvalue weighted by atomic mass is 10.1. The van der Waals surface area contributed by atoms with Crippen molar-refractivity contribution in [2.45, 2.75) is 12.5 Å². The van der Waals surface area contributed by atoms with E-state index in [2.05, 4.69) is 5.43 Å². The topological polar surface area (TPSA) is 67.6 Å². The third-order valence-electron chi connectivity index (χ3n) is 3.16. The standard InChI is InChI=1S/C12H16FN3O2/c1-16(8-5-6-18-7-8)12(17)9-3-2-4-10(13)11(9)15-14/h2-4,8,15H,5-7,14H2,1H3. The molecule has 5 nitrogen and oxygen atoms in total. The van der Waals surface area contributed by atoms with Crippen molar-refractivity contribution < 1.29 is 13.9 Å². The van der Waals surface area contributed by atoms with Gasteiger partial charge in [0.15, 0.2) is 0 Å². The van der Waals surface area contributed by atoms with Gasteiger partial charge in [-0.05, 0) is 18.6 Å². The molecular weight excluding hydrogens is 237 g/mol. The zero-order valence-electron chi connectivity index (χ0n) is 10.1. The summed E-state index contributed by atoms with van der Waals surface area (Å²) in [5, 5.41) is 0. The monoisotopic (exact) mass is 253 g/mol. The lowest BCUT2D eigenvalue weighted by Crippen LogP contribution is -2.37. The van der Waals surface area contributed by atoms with Gasteiger partial charge in [-0.25, -0.2) is 4.39 Å². The number of nitrogens with zero attached hydrogens (tertiary/aromatic N) is 1. The van der Waals surface area contributed by atoms with Crippen molar-refractivity contribution in [1.29, 1.82) is 0 Å². The van der Waals surface area contributed by atoms with Crippen molar-refractivity contribution in [2.24, 2.45) is 5.84 Å². The molecule has 1 aliphatic rings. The van der Waals surface area contributed by atoms with E-state index in [1.54, 1.807) is 18.0 Å². The number of amides is 1. The fourth-order valence-corrected chi connectivity index (χ4v) is 2.03. The van der Waals surface area contributed by atoms with E-state index in [-0.39, 0.29) is 23.2 Å². The molecule has 0 aliphatic carbocycles. The van der Waals surface area contributed by atoms with Gasteiger partial charge < -0.3 is 15.1 Å². The van der Waals surface area contributed by atoms with Crippen LogP contribution in [0.1, 0.15) is 16.8 Å². The molecule has 1 unspecified atom stereocenters. The number of halogens is 1. The average Bonchev–Trinajstić information content (AvgIpc) is 2.90. The SMILES string of the molecule is CN(C(=O)c1cccc(F)c1NN)C1CCOC1. The number of carbonyl (C=O) groups excluding carboxylic acids is 1. The molecule has 18 heavy (non-hydrogen) atoms. The van der Waals surface area contributed by atoms with Gasteiger partial charge in [0.05, 0.1) is 23.9 Å². The molecule has 0 bridgehead atoms. The van der Waals surface area contributed by atoms with Crippen LogP contribution in [-0.2, 0) is 4.74 Å². The van der Waals surface area contributed by atoms with Crippen molar-refractivity contribution in [3.05, 3.63) is 29.6 Å². The van der Waals surface area contributed by atoms with Gasteiger partial charge in [0.1, 0.15) is 5.82 Å². The smallest absolute Gasteiger partial charge is 0.256 e. The predicted molar refractivity (Wildman–Crippen MR) is 65.5 cm³/mol. The molecule has 1 atom stereocenters. The Hall–Kier alpha value is -1.66. The number of nitrogens with two attached hydrogens (primary N) is 1. The number of likely N-dealkylation sites (N-methyl/N-ethyl adjacent to an activating group) is 1. The molecular formula is C12H16FN3O2. The normalized spacial score (nSPS) is 18.7. The third-order valence-corrected chi connectivity index (χ3v) is 3.16. The van der Waals surface area contributed by atoms with Crippen LogP contribution in [0.15, 0.2) is 18.2 Å². The van der Waals surface area contributed by atoms with E-state index in [4.69, 9.17) is 10.6 Å². The van der Waals surface area contributed by atoms with Crippen LogP contribution in [0.5, 0.6) is 0 Å². The molecule has 6 heteroatoms. The Labute approximate surface area is 105 Å². The van der Waals surface area contributed by atoms with E-state index < -0.39 is 5.82 Å². The molecule has 98 valence electrons. The second-order valence-corrected chi connectivity index (χ2v) is 4.24. The van der Waals surface area contributed by atoms with Crippen LogP contribution < -0.4 is 11.3 Å². The first-order chi connectivity index (χ1) is 8.65. The molecule has 1 saturated heterocycles. The first-order valence-corrected chi connectivity index (χ1v) is 5.75. The van der Waals surface area contributed by atoms with Crippen molar-refractivity contribution in [1.82, 2.24) is 4.90 Å². The maximum Gasteiger partial charge on any atom is 0.256 e. The zero-order chi connectivity index (χ0) is 13.1. The summed E-state index contributed by atoms with van der Waals surface area (Å²) < 4.78 is 18.7. The number of anilines is 1. The number of benzene rings is 1. The van der Waals surface area contributed by atoms with Gasteiger partial charge in [-0.15, -0.1) is 0 Å². The van der Waals surface area contributed by atoms with Gasteiger partial charge in [0.2, 0.25) is 0 Å². The summed E-state index contributed by atoms with van der Waals surface area (Å²) in [7, 11) is 1.69. The molecule has 1 aromatic carbocycles. The van der Waals surface area contributed by atoms with Gasteiger partial charge in [-0.2, -0.15) is 0 Å². The van der Waals surface area contributed by atoms with E-state index in [9.17, 15) is 9.18 Å². The summed E-state index contributed by atoms with van der Waals surface area (Å²) in [4.78, 5) is 13.8. The highest BCUT2D eigenvalue weighted by Crippen LogP contribution is 2.22. The van der Waals surface area contributed by atoms with Crippen LogP contribution in [-0.4, -0.2) is 37.1 Å². The zero-order valence-corrected chi connectivity index (χ0v) is 10.1. The molecule has 0 saturated carbocycles. The molecule has 1 heterocycles. The summed E-state index contributed by atoms with van der Waals surface area (Å²) in [5.41, 5.74) is 2.49. The highest BCUT2D eigenvalue weighted by atomic mass is 19.1. The molecule has 1 amide bonds. The number of ether oxygens (including phenoxy) is 1. The minimum absolute atomic E-state index is 0.0215. The molecule has 1 aliphatic heterocycles. The summed E-state index contributed by atoms with van der Waals surface area (Å²) in [6.07, 6.45) is 0.795. The van der Waals surface area contributed by atoms with Gasteiger partial charge in [-0.1, -0.05) is 6.07 Å². The lowest BCUT2D eigenvalue weighted by molar-refractivity contribution is 0.0712. The highest BCUT2D eigenvalue weighted by molar-refractivity contribution is 5.99. The Balaban J connectivity index is 2.25. The van der Waals surface area contributed by atoms with Crippen molar-refractivity contribution >= 4 is 11.6 Å². The van der Waals surface area contributed by atoms with Crippen LogP contribution in [0.2, 0.25) is 0 Å². The van der Waals surface area contributed by atoms with E-state index >= 15 is 0 Å². The fraction of sp³-hybridized carbons (Fsp3) is 0.417. The minimum atomic E-state index is -0.542. The first-order valence-electron chi connectivity index (χ1n) is 5.75. The number of para-hydroxylation sites is 1. The average molecular weight is 253 g/mol. The number of hydrogen-bond acceptors (Lipinski definition) is 4. The molecule has 0 radical (unpaired) electrons. The van der Waals surface area contributed by atoms with Crippen LogP contribution in [0.4, 0.5) is 10.1 Å². The van der Waals surface area contributed by atoms with Gasteiger partial charge in [-0.3, -0.25) is 10.6 Å². The largest absolute Gasteiger partial charge is 0.379 e. The number of rotatable bonds is 3. The molecule has 1 fully saturated rings. The molecule has 0 spiro atoms. The number of nitrogen functional groups attached to an aromatic ring is 1. The van der Waals surface area contributed by atoms with Crippen molar-refractivity contribution in [3.63, 3.8) is 0 Å². The van der Waals surface area contributed by atoms with Crippen LogP contribution >= 0.6 is 0 Å². The Bertz CT molecular complexity index is 447. The molecule has 0 aromatic heterocycles. The Morgan fingerprint density at radius 1 is 1.61 bits per heavy atom. The van der Waals surface area contributed by atoms with Crippen LogP contribution in [0, 0.1) is 5.82 Å². The lowest BCUT2D eigenvalue weighted by Gasteiger charge is -2.24. The Morgan fingerprint density at radius 3 is 3.00 bits per heavy atom. The quantitative estimate of drug-likeness (QED) is 0.622. The third kappa shape index (κ3) is 2.30. The van der Waals surface area contributed by atoms with E-state index in [1.807, 2.05) is 0 Å². The molecule has 2 rings (SSSR count). The van der Waals surface area contributed by atoms with Crippen LogP contribution in [0.25, 0.3) is 0 Å². The number of hydrogen-bond donors (Lipinski definition) is 2. The van der Waals surface area contributed by atoms with Gasteiger partial charge >= 0.3 is 0 Å². The Kier molecular flexibility index (Phi) is 3.78. The fourth-order valence-electron chi connectivity index (χ4n) is 2.03. The summed E-state index contributed by atoms with van der Waals surface area (Å²) in [6.45, 7) is 1.16. The van der Waals surface area contributed by atoms with Crippen molar-refractivity contribution in [3.8, 4) is 0 Å². The second kappa shape index (κ2) is 5.32. The molecule has 3 N–H and O–H groups in total. The number of carbonyl (C=O) groups is 1. The number of nitrogens with one attached hydrogen (secondary N) is 1. The van der Waals surface area contributed by atoms with E-state index in [1.165, 1.54) is 12.1 Å². The minimum Gasteiger partial charge on any atom is -0.379 e. The Morgan fingerprint density at radius 2 is 2.39 bits per heavy atom. The first kappa shape index (κ1) is 12.8. The summed E-state index contributed by atoms with van der Waals surface area (Å²) >= 11 is 0. The molecule has 1 aromatic rings. The maximum absolute atomic E-state index is 13.5. The number of hydrazine groups is 1. The predicted octanol–water partition coefficient (Wildman–Crippen LogP) is 0.972. The summed E-state index contributed by atoms with van der Waals surface area (Å²) in [6, 6.07) is 4.33. The van der Waals surface area contributed by atoms with E-state index in [0.29, 0.717) is 13.2 Å². The second-order valence-electron chi connectivity index (χ2n) is 4.24. The van der Waals surface area contributed by atoms with Gasteiger partial charge in [0.25, 0.3) is 5.91 Å². The van der Waals surface area contributed by atoms with Crippen molar-refractivity contribution in [2.75, 3.05) is 25.7 Å². The van der Waals surface area contributed by atoms with Crippen LogP contribution in [0.3, 0.4) is 0 Å². The van der Waals surface area contributed by atoms with Gasteiger partial charge in [0, 0.05) is 13.7 Å². The summed E-state index contributed by atoms with van der Waals surface area (Å²) in [5.74, 6) is 4.45.